The molecule has 2 aliphatic rings. The minimum atomic E-state index is 0. The van der Waals surface area contributed by atoms with Gasteiger partial charge in [0.15, 0.2) is 0 Å². The standard InChI is InChI=1S/2C9H13.2ClH.Hf/c2*1-3-4-9-6-5-8(2)7-9;;;/h2*5H,3-4,6H2,1-2H3;2*1H;/q2*-1;;;+4/p-2. The zero-order chi connectivity index (χ0) is 13.4. The summed E-state index contributed by atoms with van der Waals surface area (Å²) in [6.45, 7) is 8.65. The van der Waals surface area contributed by atoms with Crippen molar-refractivity contribution in [1.29, 1.82) is 0 Å². The van der Waals surface area contributed by atoms with Crippen molar-refractivity contribution in [3.63, 3.8) is 0 Å². The van der Waals surface area contributed by atoms with Gasteiger partial charge in [-0.05, 0) is 0 Å². The molecule has 0 saturated carbocycles. The first-order valence-electron chi connectivity index (χ1n) is 7.22. The molecule has 0 aromatic carbocycles. The van der Waals surface area contributed by atoms with Crippen LogP contribution in [0.5, 0.6) is 0 Å². The van der Waals surface area contributed by atoms with Gasteiger partial charge in [-0.1, -0.05) is 66.2 Å². The summed E-state index contributed by atoms with van der Waals surface area (Å²) in [5, 5.41) is 0. The zero-order valence-electron chi connectivity index (χ0n) is 13.7. The minimum Gasteiger partial charge on any atom is -1.00 e. The Morgan fingerprint density at radius 3 is 1.33 bits per heavy atom. The van der Waals surface area contributed by atoms with Crippen LogP contribution >= 0.6 is 0 Å². The fraction of sp³-hybridized carbons (Fsp3) is 0.556. The van der Waals surface area contributed by atoms with Crippen LogP contribution in [0.3, 0.4) is 0 Å². The molecule has 0 radical (unpaired) electrons. The second-order valence-corrected chi connectivity index (χ2v) is 5.14. The van der Waals surface area contributed by atoms with Crippen molar-refractivity contribution in [1.82, 2.24) is 0 Å². The summed E-state index contributed by atoms with van der Waals surface area (Å²) >= 11 is 0. The monoisotopic (exact) mass is 492 g/mol. The first-order valence-corrected chi connectivity index (χ1v) is 7.22. The third kappa shape index (κ3) is 11.6. The summed E-state index contributed by atoms with van der Waals surface area (Å²) in [5.41, 5.74) is 5.60. The maximum absolute atomic E-state index is 3.33. The van der Waals surface area contributed by atoms with Gasteiger partial charge in [0.2, 0.25) is 0 Å². The van der Waals surface area contributed by atoms with Gasteiger partial charge in [0.25, 0.3) is 0 Å². The topological polar surface area (TPSA) is 0 Å². The second-order valence-electron chi connectivity index (χ2n) is 5.14. The van der Waals surface area contributed by atoms with Crippen LogP contribution in [0.25, 0.3) is 0 Å². The van der Waals surface area contributed by atoms with Crippen molar-refractivity contribution in [2.45, 2.75) is 66.2 Å². The molecule has 0 heterocycles. The number of allylic oxidation sites excluding steroid dienone is 8. The third-order valence-electron chi connectivity index (χ3n) is 3.16. The Morgan fingerprint density at radius 1 is 0.810 bits per heavy atom. The maximum atomic E-state index is 3.33. The molecule has 0 spiro atoms. The van der Waals surface area contributed by atoms with Crippen LogP contribution in [0.2, 0.25) is 0 Å². The van der Waals surface area contributed by atoms with Crippen LogP contribution in [0, 0.1) is 12.2 Å². The van der Waals surface area contributed by atoms with E-state index in [1.807, 2.05) is 0 Å². The molecular formula is C18H26Cl2Hf. The fourth-order valence-electron chi connectivity index (χ4n) is 2.25. The molecule has 0 saturated heterocycles. The van der Waals surface area contributed by atoms with Crippen molar-refractivity contribution in [2.24, 2.45) is 0 Å². The van der Waals surface area contributed by atoms with Crippen molar-refractivity contribution < 1.29 is 50.7 Å². The van der Waals surface area contributed by atoms with Gasteiger partial charge in [-0.3, -0.25) is 0 Å². The smallest absolute Gasteiger partial charge is 1.00 e. The molecule has 0 aliphatic heterocycles. The van der Waals surface area contributed by atoms with Gasteiger partial charge in [-0.15, -0.1) is 0 Å². The molecule has 3 heteroatoms. The van der Waals surface area contributed by atoms with Gasteiger partial charge < -0.3 is 24.8 Å². The third-order valence-corrected chi connectivity index (χ3v) is 3.16. The average molecular weight is 492 g/mol. The summed E-state index contributed by atoms with van der Waals surface area (Å²) in [5.74, 6) is 0. The van der Waals surface area contributed by atoms with Crippen LogP contribution in [0.4, 0.5) is 0 Å². The molecule has 0 bridgehead atoms. The van der Waals surface area contributed by atoms with Crippen LogP contribution in [0.1, 0.15) is 66.2 Å². The Hall–Kier alpha value is 0.410. The van der Waals surface area contributed by atoms with Gasteiger partial charge in [0.05, 0.1) is 0 Å². The number of halogens is 2. The summed E-state index contributed by atoms with van der Waals surface area (Å²) in [7, 11) is 0. The number of hydrogen-bond donors (Lipinski definition) is 0. The minimum absolute atomic E-state index is 0. The van der Waals surface area contributed by atoms with Gasteiger partial charge in [0, 0.05) is 0 Å². The van der Waals surface area contributed by atoms with Gasteiger partial charge in [-0.2, -0.15) is 11.1 Å². The molecule has 2 rings (SSSR count). The van der Waals surface area contributed by atoms with Crippen LogP contribution in [-0.4, -0.2) is 0 Å². The molecule has 2 aliphatic carbocycles. The summed E-state index contributed by atoms with van der Waals surface area (Å²) in [6.07, 6.45) is 18.4. The Bertz CT molecular complexity index is 352. The molecule has 0 atom stereocenters. The van der Waals surface area contributed by atoms with Crippen molar-refractivity contribution in [2.75, 3.05) is 0 Å². The normalized spacial score (nSPS) is 15.0. The number of rotatable bonds is 4. The predicted molar refractivity (Wildman–Crippen MR) is 80.1 cm³/mol. The van der Waals surface area contributed by atoms with Crippen molar-refractivity contribution >= 4 is 0 Å². The van der Waals surface area contributed by atoms with E-state index in [-0.39, 0.29) is 50.7 Å². The van der Waals surface area contributed by atoms with E-state index in [1.54, 1.807) is 0 Å². The maximum Gasteiger partial charge on any atom is 4.00 e. The Labute approximate surface area is 162 Å². The molecule has 0 amide bonds. The predicted octanol–water partition coefficient (Wildman–Crippen LogP) is -0.262. The van der Waals surface area contributed by atoms with Gasteiger partial charge in [0.1, 0.15) is 0 Å². The van der Waals surface area contributed by atoms with E-state index >= 15 is 0 Å². The van der Waals surface area contributed by atoms with E-state index in [4.69, 9.17) is 0 Å². The Balaban J connectivity index is -0.000000270. The first kappa shape index (κ1) is 26.3. The zero-order valence-corrected chi connectivity index (χ0v) is 18.8. The molecule has 0 unspecified atom stereocenters. The summed E-state index contributed by atoms with van der Waals surface area (Å²) in [4.78, 5) is 0. The molecule has 0 N–H and O–H groups in total. The van der Waals surface area contributed by atoms with Gasteiger partial charge >= 0.3 is 25.8 Å². The summed E-state index contributed by atoms with van der Waals surface area (Å²) < 4.78 is 0. The quantitative estimate of drug-likeness (QED) is 0.376. The SMILES string of the molecule is CCCC1=[C-]C(C)=CC1.CCCC1=[C-]C(C)=CC1.[Cl-].[Cl-].[Hf+4]. The van der Waals surface area contributed by atoms with Crippen molar-refractivity contribution in [3.05, 3.63) is 46.6 Å². The van der Waals surface area contributed by atoms with Crippen LogP contribution < -0.4 is 24.8 Å². The molecule has 0 nitrogen and oxygen atoms in total. The van der Waals surface area contributed by atoms with Crippen LogP contribution in [-0.2, 0) is 25.8 Å². The molecular weight excluding hydrogens is 466 g/mol. The Kier molecular flexibility index (Phi) is 19.2. The molecule has 116 valence electrons. The van der Waals surface area contributed by atoms with Crippen LogP contribution in [0.15, 0.2) is 34.4 Å². The van der Waals surface area contributed by atoms with E-state index in [9.17, 15) is 0 Å². The van der Waals surface area contributed by atoms with Crippen molar-refractivity contribution in [3.8, 4) is 0 Å². The van der Waals surface area contributed by atoms with E-state index in [1.165, 1.54) is 48.0 Å². The van der Waals surface area contributed by atoms with E-state index in [0.29, 0.717) is 0 Å². The fourth-order valence-corrected chi connectivity index (χ4v) is 2.25. The first-order chi connectivity index (χ1) is 8.65. The average Bonchev–Trinajstić information content (AvgIpc) is 2.90. The van der Waals surface area contributed by atoms with E-state index in [2.05, 4.69) is 52.0 Å². The van der Waals surface area contributed by atoms with E-state index in [0.717, 1.165) is 12.8 Å². The second kappa shape index (κ2) is 15.3. The molecule has 0 aromatic heterocycles. The van der Waals surface area contributed by atoms with E-state index < -0.39 is 0 Å². The molecule has 21 heavy (non-hydrogen) atoms. The molecule has 0 aromatic rings. The Morgan fingerprint density at radius 2 is 1.14 bits per heavy atom. The number of hydrogen-bond acceptors (Lipinski definition) is 0. The molecule has 0 fully saturated rings. The summed E-state index contributed by atoms with van der Waals surface area (Å²) in [6, 6.07) is 0. The largest absolute Gasteiger partial charge is 4.00 e. The van der Waals surface area contributed by atoms with Gasteiger partial charge in [-0.25, -0.2) is 35.5 Å².